The quantitative estimate of drug-likeness (QED) is 0.743. The molecule has 2 aromatic carbocycles. The highest BCUT2D eigenvalue weighted by atomic mass is 19.1. The molecule has 0 fully saturated rings. The van der Waals surface area contributed by atoms with E-state index in [2.05, 4.69) is 15.6 Å². The first-order valence-electron chi connectivity index (χ1n) is 7.31. The normalized spacial score (nSPS) is 10.4. The van der Waals surface area contributed by atoms with Crippen LogP contribution >= 0.6 is 0 Å². The number of amides is 1. The Labute approximate surface area is 141 Å². The number of hydrogen-bond donors (Lipinski definition) is 2. The summed E-state index contributed by atoms with van der Waals surface area (Å²) in [6, 6.07) is 12.0. The van der Waals surface area contributed by atoms with Crippen LogP contribution in [0.4, 0.5) is 10.1 Å². The molecule has 0 aliphatic rings. The first kappa shape index (κ1) is 16.3. The average Bonchev–Trinajstić information content (AvgIpc) is 3.06. The van der Waals surface area contributed by atoms with Gasteiger partial charge in [-0.2, -0.15) is 0 Å². The first-order chi connectivity index (χ1) is 12.0. The number of halogens is 1. The molecule has 0 aliphatic carbocycles. The van der Waals surface area contributed by atoms with E-state index >= 15 is 0 Å². The van der Waals surface area contributed by atoms with Crippen LogP contribution in [0, 0.1) is 5.82 Å². The monoisotopic (exact) mass is 340 g/mol. The van der Waals surface area contributed by atoms with Crippen molar-refractivity contribution in [3.63, 3.8) is 0 Å². The summed E-state index contributed by atoms with van der Waals surface area (Å²) < 4.78 is 14.3. The van der Waals surface area contributed by atoms with Crippen molar-refractivity contribution in [2.45, 2.75) is 6.54 Å². The average molecular weight is 340 g/mol. The van der Waals surface area contributed by atoms with Crippen molar-refractivity contribution >= 4 is 17.6 Å². The molecule has 0 bridgehead atoms. The third kappa shape index (κ3) is 3.86. The summed E-state index contributed by atoms with van der Waals surface area (Å²) in [5.74, 6) is -2.05. The van der Waals surface area contributed by atoms with E-state index in [1.54, 1.807) is 24.3 Å². The topological polar surface area (TPSA) is 97.1 Å². The molecule has 1 aromatic heterocycles. The lowest BCUT2D eigenvalue weighted by molar-refractivity contribution is 0.0698. The van der Waals surface area contributed by atoms with Gasteiger partial charge in [0.1, 0.15) is 5.82 Å². The van der Waals surface area contributed by atoms with Crippen LogP contribution in [0.5, 0.6) is 0 Å². The van der Waals surface area contributed by atoms with E-state index in [-0.39, 0.29) is 22.8 Å². The van der Waals surface area contributed by atoms with Crippen LogP contribution in [-0.4, -0.2) is 32.0 Å². The Kier molecular flexibility index (Phi) is 4.51. The number of carbonyl (C=O) groups excluding carboxylic acids is 1. The first-order valence-corrected chi connectivity index (χ1v) is 7.31. The summed E-state index contributed by atoms with van der Waals surface area (Å²) in [4.78, 5) is 23.4. The van der Waals surface area contributed by atoms with Crippen molar-refractivity contribution in [2.24, 2.45) is 0 Å². The maximum absolute atomic E-state index is 12.9. The van der Waals surface area contributed by atoms with Gasteiger partial charge in [-0.15, -0.1) is 5.10 Å². The highest BCUT2D eigenvalue weighted by Crippen LogP contribution is 2.15. The van der Waals surface area contributed by atoms with Crippen LogP contribution in [0.1, 0.15) is 26.4 Å². The van der Waals surface area contributed by atoms with Gasteiger partial charge in [-0.3, -0.25) is 4.79 Å². The minimum atomic E-state index is -1.14. The van der Waals surface area contributed by atoms with Crippen LogP contribution in [0.2, 0.25) is 0 Å². The smallest absolute Gasteiger partial charge is 0.337 e. The summed E-state index contributed by atoms with van der Waals surface area (Å²) in [5, 5.41) is 19.3. The molecule has 0 aliphatic heterocycles. The fourth-order valence-corrected chi connectivity index (χ4v) is 2.22. The van der Waals surface area contributed by atoms with Crippen molar-refractivity contribution in [1.29, 1.82) is 0 Å². The number of aromatic nitrogens is 3. The van der Waals surface area contributed by atoms with Crippen molar-refractivity contribution in [1.82, 2.24) is 15.0 Å². The fourth-order valence-electron chi connectivity index (χ4n) is 2.22. The maximum Gasteiger partial charge on any atom is 0.337 e. The van der Waals surface area contributed by atoms with Gasteiger partial charge in [0.25, 0.3) is 5.91 Å². The molecule has 0 saturated heterocycles. The minimum Gasteiger partial charge on any atom is -0.478 e. The van der Waals surface area contributed by atoms with E-state index in [4.69, 9.17) is 5.11 Å². The number of rotatable bonds is 5. The lowest BCUT2D eigenvalue weighted by Crippen LogP contribution is -2.15. The number of benzene rings is 2. The predicted octanol–water partition coefficient (Wildman–Crippen LogP) is 2.42. The second-order valence-electron chi connectivity index (χ2n) is 5.23. The third-order valence-corrected chi connectivity index (χ3v) is 3.43. The van der Waals surface area contributed by atoms with E-state index in [0.29, 0.717) is 6.54 Å². The van der Waals surface area contributed by atoms with E-state index in [9.17, 15) is 14.0 Å². The van der Waals surface area contributed by atoms with Gasteiger partial charge in [0, 0.05) is 0 Å². The Morgan fingerprint density at radius 1 is 1.12 bits per heavy atom. The zero-order chi connectivity index (χ0) is 17.8. The molecule has 126 valence electrons. The van der Waals surface area contributed by atoms with Crippen LogP contribution in [0.25, 0.3) is 0 Å². The number of nitrogens with zero attached hydrogens (tertiary/aromatic N) is 3. The molecule has 0 unspecified atom stereocenters. The van der Waals surface area contributed by atoms with Gasteiger partial charge < -0.3 is 10.4 Å². The molecule has 3 aromatic rings. The van der Waals surface area contributed by atoms with E-state index in [1.807, 2.05) is 0 Å². The molecule has 1 amide bonds. The summed E-state index contributed by atoms with van der Waals surface area (Å²) in [7, 11) is 0. The van der Waals surface area contributed by atoms with Gasteiger partial charge in [0.05, 0.1) is 24.0 Å². The zero-order valence-corrected chi connectivity index (χ0v) is 12.9. The Hall–Kier alpha value is -3.55. The van der Waals surface area contributed by atoms with Crippen LogP contribution in [0.3, 0.4) is 0 Å². The number of carbonyl (C=O) groups is 2. The lowest BCUT2D eigenvalue weighted by atomic mass is 10.2. The summed E-state index contributed by atoms with van der Waals surface area (Å²) in [6.07, 6.45) is 1.43. The second kappa shape index (κ2) is 6.91. The highest BCUT2D eigenvalue weighted by molar-refractivity contribution is 6.06. The van der Waals surface area contributed by atoms with Crippen LogP contribution in [-0.2, 0) is 6.54 Å². The summed E-state index contributed by atoms with van der Waals surface area (Å²) in [5.41, 5.74) is 0.999. The lowest BCUT2D eigenvalue weighted by Gasteiger charge is -2.06. The van der Waals surface area contributed by atoms with Crippen molar-refractivity contribution in [3.8, 4) is 0 Å². The molecule has 3 rings (SSSR count). The maximum atomic E-state index is 12.9. The molecule has 8 heteroatoms. The third-order valence-electron chi connectivity index (χ3n) is 3.43. The molecular formula is C17H13FN4O3. The van der Waals surface area contributed by atoms with E-state index < -0.39 is 11.9 Å². The number of carboxylic acids is 1. The predicted molar refractivity (Wildman–Crippen MR) is 86.9 cm³/mol. The molecule has 0 radical (unpaired) electrons. The largest absolute Gasteiger partial charge is 0.478 e. The number of aromatic carboxylic acids is 1. The van der Waals surface area contributed by atoms with E-state index in [1.165, 1.54) is 35.1 Å². The number of anilines is 1. The van der Waals surface area contributed by atoms with Gasteiger partial charge in [-0.25, -0.2) is 13.9 Å². The fraction of sp³-hybridized carbons (Fsp3) is 0.0588. The molecule has 0 atom stereocenters. The molecular weight excluding hydrogens is 327 g/mol. The molecule has 7 nitrogen and oxygen atoms in total. The highest BCUT2D eigenvalue weighted by Gasteiger charge is 2.15. The molecule has 0 spiro atoms. The molecule has 2 N–H and O–H groups in total. The van der Waals surface area contributed by atoms with Crippen molar-refractivity contribution in [3.05, 3.63) is 77.4 Å². The summed E-state index contributed by atoms with van der Waals surface area (Å²) in [6.45, 7) is 0.326. The van der Waals surface area contributed by atoms with Gasteiger partial charge >= 0.3 is 5.97 Å². The Morgan fingerprint density at radius 2 is 1.84 bits per heavy atom. The Bertz CT molecular complexity index is 922. The SMILES string of the molecule is O=C(Nc1ccccc1C(=O)O)c1cn(Cc2ccc(F)cc2)nn1. The number of hydrogen-bond acceptors (Lipinski definition) is 4. The number of para-hydroxylation sites is 1. The van der Waals surface area contributed by atoms with Gasteiger partial charge in [-0.05, 0) is 29.8 Å². The minimum absolute atomic E-state index is 0.0189. The Balaban J connectivity index is 1.73. The molecule has 25 heavy (non-hydrogen) atoms. The van der Waals surface area contributed by atoms with Gasteiger partial charge in [0.2, 0.25) is 0 Å². The molecule has 0 saturated carbocycles. The van der Waals surface area contributed by atoms with E-state index in [0.717, 1.165) is 5.56 Å². The number of nitrogens with one attached hydrogen (secondary N) is 1. The second-order valence-corrected chi connectivity index (χ2v) is 5.23. The van der Waals surface area contributed by atoms with Crippen molar-refractivity contribution < 1.29 is 19.1 Å². The zero-order valence-electron chi connectivity index (χ0n) is 12.9. The standard InChI is InChI=1S/C17H13FN4O3/c18-12-7-5-11(6-8-12)9-22-10-15(20-21-22)16(23)19-14-4-2-1-3-13(14)17(24)25/h1-8,10H,9H2,(H,19,23)(H,24,25). The summed E-state index contributed by atoms with van der Waals surface area (Å²) >= 11 is 0. The van der Waals surface area contributed by atoms with Crippen molar-refractivity contribution in [2.75, 3.05) is 5.32 Å². The van der Waals surface area contributed by atoms with Crippen LogP contribution < -0.4 is 5.32 Å². The Morgan fingerprint density at radius 3 is 2.56 bits per heavy atom. The number of carboxylic acid groups (broad SMARTS) is 1. The molecule has 1 heterocycles. The van der Waals surface area contributed by atoms with Crippen LogP contribution in [0.15, 0.2) is 54.7 Å². The van der Waals surface area contributed by atoms with Gasteiger partial charge in [0.15, 0.2) is 5.69 Å². The van der Waals surface area contributed by atoms with Gasteiger partial charge in [-0.1, -0.05) is 29.5 Å².